The highest BCUT2D eigenvalue weighted by Crippen LogP contribution is 2.29. The number of benzene rings is 1. The fourth-order valence-electron chi connectivity index (χ4n) is 3.90. The standard InChI is InChI=1S/C22H24N4O2/c27-22(28)24-12-8-16-10-14-26(15-11-16)21-7-3-6-20(25-21)18-9-13-23-19-5-2-1-4-17(18)19/h1-7,9,13,16,24H,8,10-12,14-15H2,(H,27,28). The topological polar surface area (TPSA) is 78.4 Å². The second-order valence-corrected chi connectivity index (χ2v) is 7.21. The van der Waals surface area contributed by atoms with Gasteiger partial charge in [0.25, 0.3) is 0 Å². The summed E-state index contributed by atoms with van der Waals surface area (Å²) in [7, 11) is 0. The van der Waals surface area contributed by atoms with E-state index in [9.17, 15) is 4.79 Å². The second-order valence-electron chi connectivity index (χ2n) is 7.21. The third-order valence-corrected chi connectivity index (χ3v) is 5.43. The number of piperidine rings is 1. The third kappa shape index (κ3) is 4.06. The van der Waals surface area contributed by atoms with Crippen LogP contribution < -0.4 is 10.2 Å². The van der Waals surface area contributed by atoms with E-state index in [1.807, 2.05) is 30.5 Å². The van der Waals surface area contributed by atoms with Crippen molar-refractivity contribution in [1.82, 2.24) is 15.3 Å². The molecule has 3 heterocycles. The van der Waals surface area contributed by atoms with Crippen molar-refractivity contribution in [1.29, 1.82) is 0 Å². The zero-order valence-electron chi connectivity index (χ0n) is 15.7. The molecule has 28 heavy (non-hydrogen) atoms. The lowest BCUT2D eigenvalue weighted by Gasteiger charge is -2.33. The number of aromatic nitrogens is 2. The summed E-state index contributed by atoms with van der Waals surface area (Å²) >= 11 is 0. The van der Waals surface area contributed by atoms with Gasteiger partial charge in [-0.2, -0.15) is 0 Å². The number of nitrogens with zero attached hydrogens (tertiary/aromatic N) is 3. The van der Waals surface area contributed by atoms with Crippen molar-refractivity contribution in [2.24, 2.45) is 5.92 Å². The van der Waals surface area contributed by atoms with Crippen molar-refractivity contribution in [3.05, 3.63) is 54.7 Å². The Bertz CT molecular complexity index is 962. The Labute approximate surface area is 164 Å². The predicted molar refractivity (Wildman–Crippen MR) is 111 cm³/mol. The highest BCUT2D eigenvalue weighted by Gasteiger charge is 2.20. The van der Waals surface area contributed by atoms with Gasteiger partial charge in [-0.1, -0.05) is 24.3 Å². The molecule has 6 heteroatoms. The molecule has 1 aromatic carbocycles. The Hall–Kier alpha value is -3.15. The maximum absolute atomic E-state index is 10.6. The molecule has 3 aromatic rings. The summed E-state index contributed by atoms with van der Waals surface area (Å²) in [5.74, 6) is 1.57. The fraction of sp³-hybridized carbons (Fsp3) is 0.318. The van der Waals surface area contributed by atoms with Crippen molar-refractivity contribution in [2.75, 3.05) is 24.5 Å². The Kier molecular flexibility index (Phi) is 5.37. The molecule has 1 aliphatic heterocycles. The lowest BCUT2D eigenvalue weighted by atomic mass is 9.93. The molecule has 0 unspecified atom stereocenters. The Morgan fingerprint density at radius 1 is 1.11 bits per heavy atom. The number of pyridine rings is 2. The third-order valence-electron chi connectivity index (χ3n) is 5.43. The van der Waals surface area contributed by atoms with Crippen molar-refractivity contribution in [2.45, 2.75) is 19.3 Å². The van der Waals surface area contributed by atoms with Gasteiger partial charge in [-0.25, -0.2) is 9.78 Å². The first-order chi connectivity index (χ1) is 13.7. The number of nitrogens with one attached hydrogen (secondary N) is 1. The van der Waals surface area contributed by atoms with Gasteiger partial charge in [0.05, 0.1) is 11.2 Å². The molecule has 144 valence electrons. The van der Waals surface area contributed by atoms with Gasteiger partial charge >= 0.3 is 6.09 Å². The highest BCUT2D eigenvalue weighted by molar-refractivity contribution is 5.93. The van der Waals surface area contributed by atoms with Crippen LogP contribution in [0.15, 0.2) is 54.7 Å². The van der Waals surface area contributed by atoms with E-state index in [1.165, 1.54) is 0 Å². The van der Waals surface area contributed by atoms with Gasteiger partial charge in [0.1, 0.15) is 5.82 Å². The number of fused-ring (bicyclic) bond motifs is 1. The average molecular weight is 376 g/mol. The highest BCUT2D eigenvalue weighted by atomic mass is 16.4. The molecule has 0 saturated carbocycles. The number of hydrogen-bond donors (Lipinski definition) is 2. The molecular formula is C22H24N4O2. The van der Waals surface area contributed by atoms with Crippen LogP contribution >= 0.6 is 0 Å². The van der Waals surface area contributed by atoms with Crippen LogP contribution in [0.2, 0.25) is 0 Å². The monoisotopic (exact) mass is 376 g/mol. The molecule has 0 spiro atoms. The lowest BCUT2D eigenvalue weighted by Crippen LogP contribution is -2.35. The van der Waals surface area contributed by atoms with Crippen LogP contribution in [0.5, 0.6) is 0 Å². The SMILES string of the molecule is O=C(O)NCCC1CCN(c2cccc(-c3ccnc4ccccc34)n2)CC1. The summed E-state index contributed by atoms with van der Waals surface area (Å²) in [4.78, 5) is 22.3. The molecule has 0 bridgehead atoms. The van der Waals surface area contributed by atoms with Gasteiger partial charge in [-0.15, -0.1) is 0 Å². The first-order valence-electron chi connectivity index (χ1n) is 9.73. The maximum atomic E-state index is 10.6. The molecule has 2 aromatic heterocycles. The molecule has 0 aliphatic carbocycles. The van der Waals surface area contributed by atoms with E-state index >= 15 is 0 Å². The summed E-state index contributed by atoms with van der Waals surface area (Å²) in [6.07, 6.45) is 3.91. The first kappa shape index (κ1) is 18.2. The van der Waals surface area contributed by atoms with E-state index in [2.05, 4.69) is 39.5 Å². The minimum absolute atomic E-state index is 0.531. The summed E-state index contributed by atoms with van der Waals surface area (Å²) in [5, 5.41) is 12.3. The summed E-state index contributed by atoms with van der Waals surface area (Å²) in [5.41, 5.74) is 3.04. The van der Waals surface area contributed by atoms with Gasteiger partial charge in [-0.05, 0) is 49.4 Å². The van der Waals surface area contributed by atoms with Gasteiger partial charge in [-0.3, -0.25) is 4.98 Å². The van der Waals surface area contributed by atoms with E-state index in [0.717, 1.165) is 60.3 Å². The van der Waals surface area contributed by atoms with Crippen molar-refractivity contribution < 1.29 is 9.90 Å². The molecule has 0 atom stereocenters. The quantitative estimate of drug-likeness (QED) is 0.699. The number of hydrogen-bond acceptors (Lipinski definition) is 4. The van der Waals surface area contributed by atoms with Gasteiger partial charge in [0, 0.05) is 36.8 Å². The molecule has 0 radical (unpaired) electrons. The van der Waals surface area contributed by atoms with E-state index in [0.29, 0.717) is 12.5 Å². The normalized spacial score (nSPS) is 14.9. The average Bonchev–Trinajstić information content (AvgIpc) is 2.74. The van der Waals surface area contributed by atoms with Crippen LogP contribution in [0.3, 0.4) is 0 Å². The molecule has 1 saturated heterocycles. The number of para-hydroxylation sites is 1. The van der Waals surface area contributed by atoms with Gasteiger partial charge < -0.3 is 15.3 Å². The lowest BCUT2D eigenvalue weighted by molar-refractivity contribution is 0.193. The molecule has 2 N–H and O–H groups in total. The Morgan fingerprint density at radius 2 is 1.93 bits per heavy atom. The van der Waals surface area contributed by atoms with E-state index in [4.69, 9.17) is 10.1 Å². The zero-order valence-corrected chi connectivity index (χ0v) is 15.7. The van der Waals surface area contributed by atoms with Crippen LogP contribution in [0.1, 0.15) is 19.3 Å². The number of carboxylic acid groups (broad SMARTS) is 1. The minimum atomic E-state index is -0.943. The van der Waals surface area contributed by atoms with Crippen LogP contribution in [0.25, 0.3) is 22.2 Å². The number of anilines is 1. The molecule has 6 nitrogen and oxygen atoms in total. The largest absolute Gasteiger partial charge is 0.465 e. The molecule has 1 amide bonds. The second kappa shape index (κ2) is 8.25. The van der Waals surface area contributed by atoms with Gasteiger partial charge in [0.2, 0.25) is 0 Å². The summed E-state index contributed by atoms with van der Waals surface area (Å²) < 4.78 is 0. The van der Waals surface area contributed by atoms with Crippen LogP contribution in [-0.4, -0.2) is 40.8 Å². The molecule has 4 rings (SSSR count). The van der Waals surface area contributed by atoms with Crippen molar-refractivity contribution in [3.63, 3.8) is 0 Å². The number of carbonyl (C=O) groups is 1. The fourth-order valence-corrected chi connectivity index (χ4v) is 3.90. The smallest absolute Gasteiger partial charge is 0.404 e. The number of amides is 1. The van der Waals surface area contributed by atoms with Crippen LogP contribution in [0, 0.1) is 5.92 Å². The van der Waals surface area contributed by atoms with Crippen molar-refractivity contribution >= 4 is 22.8 Å². The minimum Gasteiger partial charge on any atom is -0.465 e. The summed E-state index contributed by atoms with van der Waals surface area (Å²) in [6, 6.07) is 16.3. The molecule has 1 fully saturated rings. The zero-order chi connectivity index (χ0) is 19.3. The molecular weight excluding hydrogens is 352 g/mol. The van der Waals surface area contributed by atoms with E-state index < -0.39 is 6.09 Å². The van der Waals surface area contributed by atoms with E-state index in [-0.39, 0.29) is 0 Å². The number of rotatable bonds is 5. The first-order valence-corrected chi connectivity index (χ1v) is 9.73. The predicted octanol–water partition coefficient (Wildman–Crippen LogP) is 4.17. The molecule has 1 aliphatic rings. The Morgan fingerprint density at radius 3 is 2.75 bits per heavy atom. The summed E-state index contributed by atoms with van der Waals surface area (Å²) in [6.45, 7) is 2.43. The Balaban J connectivity index is 1.47. The van der Waals surface area contributed by atoms with Crippen molar-refractivity contribution in [3.8, 4) is 11.3 Å². The maximum Gasteiger partial charge on any atom is 0.404 e. The van der Waals surface area contributed by atoms with E-state index in [1.54, 1.807) is 0 Å². The van der Waals surface area contributed by atoms with Gasteiger partial charge in [0.15, 0.2) is 0 Å². The van der Waals surface area contributed by atoms with Crippen LogP contribution in [-0.2, 0) is 0 Å². The van der Waals surface area contributed by atoms with Crippen LogP contribution in [0.4, 0.5) is 10.6 Å².